The van der Waals surface area contributed by atoms with Crippen LogP contribution in [-0.4, -0.2) is 25.3 Å². The standard InChI is InChI=1S/C21H32O3/c1-4-23-19(24-5-2)16-21(3,18-14-10-7-11-15-18)20(22)17-12-8-6-9-13-17/h7,10-11,14-15,17,19H,4-6,8-9,12-13,16H2,1-3H3/t21-/m1/s1. The maximum Gasteiger partial charge on any atom is 0.158 e. The summed E-state index contributed by atoms with van der Waals surface area (Å²) < 4.78 is 11.5. The molecule has 1 fully saturated rings. The number of ketones is 1. The van der Waals surface area contributed by atoms with Gasteiger partial charge in [-0.15, -0.1) is 0 Å². The van der Waals surface area contributed by atoms with Crippen molar-refractivity contribution < 1.29 is 14.3 Å². The van der Waals surface area contributed by atoms with Gasteiger partial charge in [-0.1, -0.05) is 49.6 Å². The lowest BCUT2D eigenvalue weighted by atomic mass is 9.68. The molecule has 0 amide bonds. The van der Waals surface area contributed by atoms with Crippen LogP contribution in [0.5, 0.6) is 0 Å². The zero-order valence-electron chi connectivity index (χ0n) is 15.4. The zero-order valence-corrected chi connectivity index (χ0v) is 15.4. The molecule has 0 heterocycles. The third-order valence-corrected chi connectivity index (χ3v) is 5.21. The summed E-state index contributed by atoms with van der Waals surface area (Å²) in [5, 5.41) is 0. The molecule has 0 unspecified atom stereocenters. The highest BCUT2D eigenvalue weighted by Crippen LogP contribution is 2.38. The van der Waals surface area contributed by atoms with E-state index >= 15 is 0 Å². The van der Waals surface area contributed by atoms with Crippen LogP contribution in [0.3, 0.4) is 0 Å². The maximum atomic E-state index is 13.5. The molecule has 1 aromatic carbocycles. The molecule has 0 aliphatic heterocycles. The Morgan fingerprint density at radius 2 is 1.67 bits per heavy atom. The second-order valence-electron chi connectivity index (χ2n) is 6.94. The van der Waals surface area contributed by atoms with E-state index in [2.05, 4.69) is 19.1 Å². The van der Waals surface area contributed by atoms with Gasteiger partial charge >= 0.3 is 0 Å². The predicted molar refractivity (Wildman–Crippen MR) is 97.0 cm³/mol. The molecule has 0 aromatic heterocycles. The molecule has 1 saturated carbocycles. The summed E-state index contributed by atoms with van der Waals surface area (Å²) in [7, 11) is 0. The summed E-state index contributed by atoms with van der Waals surface area (Å²) in [5.41, 5.74) is 0.517. The van der Waals surface area contributed by atoms with Crippen LogP contribution in [0.15, 0.2) is 30.3 Å². The summed E-state index contributed by atoms with van der Waals surface area (Å²) in [6, 6.07) is 10.2. The van der Waals surface area contributed by atoms with Gasteiger partial charge in [0.2, 0.25) is 0 Å². The maximum absolute atomic E-state index is 13.5. The lowest BCUT2D eigenvalue weighted by molar-refractivity contribution is -0.156. The van der Waals surface area contributed by atoms with E-state index in [1.807, 2.05) is 32.0 Å². The molecule has 0 spiro atoms. The lowest BCUT2D eigenvalue weighted by Crippen LogP contribution is -2.42. The third-order valence-electron chi connectivity index (χ3n) is 5.21. The number of hydrogen-bond acceptors (Lipinski definition) is 3. The molecular weight excluding hydrogens is 300 g/mol. The minimum Gasteiger partial charge on any atom is -0.353 e. The van der Waals surface area contributed by atoms with Gasteiger partial charge in [0.1, 0.15) is 5.78 Å². The Morgan fingerprint density at radius 1 is 1.08 bits per heavy atom. The van der Waals surface area contributed by atoms with Crippen molar-refractivity contribution in [1.82, 2.24) is 0 Å². The fraction of sp³-hybridized carbons (Fsp3) is 0.667. The van der Waals surface area contributed by atoms with Crippen LogP contribution in [0.1, 0.15) is 64.9 Å². The second-order valence-corrected chi connectivity index (χ2v) is 6.94. The molecule has 0 radical (unpaired) electrons. The predicted octanol–water partition coefficient (Wildman–Crippen LogP) is 4.88. The summed E-state index contributed by atoms with van der Waals surface area (Å²) in [4.78, 5) is 13.5. The van der Waals surface area contributed by atoms with E-state index < -0.39 is 5.41 Å². The van der Waals surface area contributed by atoms with Gasteiger partial charge in [-0.2, -0.15) is 0 Å². The molecule has 3 nitrogen and oxygen atoms in total. The molecule has 1 aliphatic carbocycles. The number of Topliss-reactive ketones (excluding diaryl/α,β-unsaturated/α-hetero) is 1. The summed E-state index contributed by atoms with van der Waals surface area (Å²) >= 11 is 0. The third kappa shape index (κ3) is 4.67. The van der Waals surface area contributed by atoms with E-state index in [9.17, 15) is 4.79 Å². The number of ether oxygens (including phenoxy) is 2. The van der Waals surface area contributed by atoms with E-state index in [0.29, 0.717) is 25.4 Å². The Balaban J connectivity index is 2.28. The molecule has 2 rings (SSSR count). The van der Waals surface area contributed by atoms with Gasteiger partial charge in [0, 0.05) is 25.6 Å². The number of carbonyl (C=O) groups excluding carboxylic acids is 1. The van der Waals surface area contributed by atoms with Gasteiger partial charge in [0.25, 0.3) is 0 Å². The molecule has 134 valence electrons. The Kier molecular flexibility index (Phi) is 7.44. The lowest BCUT2D eigenvalue weighted by Gasteiger charge is -2.36. The molecule has 1 atom stereocenters. The number of benzene rings is 1. The largest absolute Gasteiger partial charge is 0.353 e. The van der Waals surface area contributed by atoms with Crippen LogP contribution in [0.25, 0.3) is 0 Å². The molecular formula is C21H32O3. The van der Waals surface area contributed by atoms with Gasteiger partial charge < -0.3 is 9.47 Å². The average Bonchev–Trinajstić information content (AvgIpc) is 2.63. The number of rotatable bonds is 9. The van der Waals surface area contributed by atoms with E-state index in [-0.39, 0.29) is 12.2 Å². The van der Waals surface area contributed by atoms with Gasteiger partial charge in [0.15, 0.2) is 6.29 Å². The molecule has 24 heavy (non-hydrogen) atoms. The van der Waals surface area contributed by atoms with Gasteiger partial charge in [-0.3, -0.25) is 4.79 Å². The molecule has 0 saturated heterocycles. The minimum absolute atomic E-state index is 0.174. The average molecular weight is 332 g/mol. The van der Waals surface area contributed by atoms with Crippen molar-refractivity contribution in [2.75, 3.05) is 13.2 Å². The van der Waals surface area contributed by atoms with Crippen LogP contribution < -0.4 is 0 Å². The highest BCUT2D eigenvalue weighted by atomic mass is 16.7. The smallest absolute Gasteiger partial charge is 0.158 e. The Morgan fingerprint density at radius 3 is 2.21 bits per heavy atom. The Hall–Kier alpha value is -1.19. The monoisotopic (exact) mass is 332 g/mol. The van der Waals surface area contributed by atoms with Crippen LogP contribution in [0.4, 0.5) is 0 Å². The second kappa shape index (κ2) is 9.33. The van der Waals surface area contributed by atoms with E-state index in [1.165, 1.54) is 19.3 Å². The van der Waals surface area contributed by atoms with Gasteiger partial charge in [0.05, 0.1) is 5.41 Å². The van der Waals surface area contributed by atoms with E-state index in [1.54, 1.807) is 0 Å². The van der Waals surface area contributed by atoms with Crippen molar-refractivity contribution in [1.29, 1.82) is 0 Å². The van der Waals surface area contributed by atoms with Crippen molar-refractivity contribution in [3.05, 3.63) is 35.9 Å². The topological polar surface area (TPSA) is 35.5 Å². The van der Waals surface area contributed by atoms with Crippen LogP contribution in [0.2, 0.25) is 0 Å². The van der Waals surface area contributed by atoms with Crippen LogP contribution in [0, 0.1) is 5.92 Å². The SMILES string of the molecule is CCOC(C[C@@](C)(C(=O)C1CCCCC1)c1ccccc1)OCC. The molecule has 3 heteroatoms. The Labute approximate surface area is 146 Å². The Bertz CT molecular complexity index is 487. The molecule has 0 N–H and O–H groups in total. The highest BCUT2D eigenvalue weighted by molar-refractivity contribution is 5.91. The number of carbonyl (C=O) groups is 1. The first-order chi connectivity index (χ1) is 11.6. The quantitative estimate of drug-likeness (QED) is 0.604. The fourth-order valence-electron chi connectivity index (χ4n) is 3.85. The van der Waals surface area contributed by atoms with Crippen LogP contribution in [-0.2, 0) is 19.7 Å². The molecule has 1 aromatic rings. The summed E-state index contributed by atoms with van der Waals surface area (Å²) in [5.74, 6) is 0.533. The van der Waals surface area contributed by atoms with Gasteiger partial charge in [-0.05, 0) is 39.2 Å². The summed E-state index contributed by atoms with van der Waals surface area (Å²) in [6.07, 6.45) is 5.88. The zero-order chi connectivity index (χ0) is 17.4. The number of hydrogen-bond donors (Lipinski definition) is 0. The fourth-order valence-corrected chi connectivity index (χ4v) is 3.85. The normalized spacial score (nSPS) is 18.5. The van der Waals surface area contributed by atoms with Crippen LogP contribution >= 0.6 is 0 Å². The molecule has 1 aliphatic rings. The van der Waals surface area contributed by atoms with Crippen molar-refractivity contribution >= 4 is 5.78 Å². The van der Waals surface area contributed by atoms with Crippen molar-refractivity contribution in [2.24, 2.45) is 5.92 Å². The van der Waals surface area contributed by atoms with Crippen molar-refractivity contribution in [2.45, 2.75) is 71.0 Å². The highest BCUT2D eigenvalue weighted by Gasteiger charge is 2.41. The van der Waals surface area contributed by atoms with Gasteiger partial charge in [-0.25, -0.2) is 0 Å². The minimum atomic E-state index is -0.557. The first-order valence-corrected chi connectivity index (χ1v) is 9.44. The van der Waals surface area contributed by atoms with E-state index in [4.69, 9.17) is 9.47 Å². The van der Waals surface area contributed by atoms with Crippen molar-refractivity contribution in [3.8, 4) is 0 Å². The first kappa shape index (κ1) is 19.1. The first-order valence-electron chi connectivity index (χ1n) is 9.44. The summed E-state index contributed by atoms with van der Waals surface area (Å²) in [6.45, 7) is 7.19. The van der Waals surface area contributed by atoms with E-state index in [0.717, 1.165) is 18.4 Å². The molecule has 0 bridgehead atoms. The van der Waals surface area contributed by atoms with Crippen molar-refractivity contribution in [3.63, 3.8) is 0 Å².